The molecule has 1 aliphatic rings. The molecule has 0 bridgehead atoms. The molecule has 4 N–H and O–H groups in total. The second-order valence-electron chi connectivity index (χ2n) is 11.4. The van der Waals surface area contributed by atoms with Crippen LogP contribution in [0.2, 0.25) is 0 Å². The van der Waals surface area contributed by atoms with E-state index in [1.54, 1.807) is 20.8 Å². The molecule has 210 valence electrons. The maximum atomic E-state index is 14.1. The summed E-state index contributed by atoms with van der Waals surface area (Å²) in [6.45, 7) is 11.2. The SMILES string of the molecule is Cc1ccc(C(C(=O)NCc2ccccc2)N(C(=O)C(CC(N)=O)NC(=O)OC(C)(C)C)C2CC2C)c(C)c1. The molecule has 0 aromatic heterocycles. The van der Waals surface area contributed by atoms with Gasteiger partial charge in [-0.3, -0.25) is 14.4 Å². The van der Waals surface area contributed by atoms with Crippen molar-refractivity contribution in [2.45, 2.75) is 84.7 Å². The number of hydrogen-bond acceptors (Lipinski definition) is 5. The van der Waals surface area contributed by atoms with Gasteiger partial charge in [-0.2, -0.15) is 0 Å². The highest BCUT2D eigenvalue weighted by molar-refractivity contribution is 5.95. The Hall–Kier alpha value is -3.88. The fourth-order valence-electron chi connectivity index (χ4n) is 4.63. The van der Waals surface area contributed by atoms with E-state index in [4.69, 9.17) is 10.5 Å². The Balaban J connectivity index is 2.01. The average Bonchev–Trinajstić information content (AvgIpc) is 3.55. The number of ether oxygens (including phenoxy) is 1. The van der Waals surface area contributed by atoms with E-state index in [-0.39, 0.29) is 24.4 Å². The second kappa shape index (κ2) is 12.3. The van der Waals surface area contributed by atoms with Gasteiger partial charge in [-0.05, 0) is 63.6 Å². The molecule has 9 nitrogen and oxygen atoms in total. The van der Waals surface area contributed by atoms with Crippen molar-refractivity contribution < 1.29 is 23.9 Å². The molecule has 4 unspecified atom stereocenters. The molecule has 0 radical (unpaired) electrons. The predicted octanol–water partition coefficient (Wildman–Crippen LogP) is 3.67. The molecular weight excluding hydrogens is 496 g/mol. The first-order chi connectivity index (χ1) is 18.3. The molecular formula is C30H40N4O5. The number of nitrogens with one attached hydrogen (secondary N) is 2. The number of benzene rings is 2. The highest BCUT2D eigenvalue weighted by atomic mass is 16.6. The van der Waals surface area contributed by atoms with Gasteiger partial charge in [-0.1, -0.05) is 61.0 Å². The third kappa shape index (κ3) is 8.30. The normalized spacial score (nSPS) is 17.9. The van der Waals surface area contributed by atoms with E-state index in [2.05, 4.69) is 10.6 Å². The minimum absolute atomic E-state index is 0.139. The molecule has 0 spiro atoms. The maximum Gasteiger partial charge on any atom is 0.408 e. The number of nitrogens with two attached hydrogens (primary N) is 1. The standard InChI is InChI=1S/C30H40N4O5/c1-18-12-13-22(19(2)14-18)26(27(36)32-17-21-10-8-7-9-11-21)34(24-15-20(24)3)28(37)23(16-25(31)35)33-29(38)39-30(4,5)6/h7-14,20,23-24,26H,15-17H2,1-6H3,(H2,31,35)(H,32,36)(H,33,38). The Kier molecular flexibility index (Phi) is 9.37. The van der Waals surface area contributed by atoms with E-state index in [1.165, 1.54) is 4.90 Å². The summed E-state index contributed by atoms with van der Waals surface area (Å²) in [5, 5.41) is 5.51. The van der Waals surface area contributed by atoms with Crippen molar-refractivity contribution in [1.29, 1.82) is 0 Å². The Morgan fingerprint density at radius 1 is 1.08 bits per heavy atom. The number of rotatable bonds is 10. The van der Waals surface area contributed by atoms with Crippen LogP contribution in [0.4, 0.5) is 4.79 Å². The monoisotopic (exact) mass is 536 g/mol. The fourth-order valence-corrected chi connectivity index (χ4v) is 4.63. The van der Waals surface area contributed by atoms with Crippen LogP contribution < -0.4 is 16.4 Å². The van der Waals surface area contributed by atoms with Gasteiger partial charge in [0.1, 0.15) is 17.7 Å². The molecule has 9 heteroatoms. The Labute approximate surface area is 230 Å². The van der Waals surface area contributed by atoms with Gasteiger partial charge in [0.25, 0.3) is 0 Å². The first kappa shape index (κ1) is 29.7. The molecule has 2 aromatic carbocycles. The summed E-state index contributed by atoms with van der Waals surface area (Å²) < 4.78 is 5.34. The fraction of sp³-hybridized carbons (Fsp3) is 0.467. The minimum atomic E-state index is -1.29. The smallest absolute Gasteiger partial charge is 0.408 e. The van der Waals surface area contributed by atoms with Crippen molar-refractivity contribution in [3.8, 4) is 0 Å². The maximum absolute atomic E-state index is 14.1. The highest BCUT2D eigenvalue weighted by Gasteiger charge is 2.48. The minimum Gasteiger partial charge on any atom is -0.444 e. The quantitative estimate of drug-likeness (QED) is 0.427. The van der Waals surface area contributed by atoms with Gasteiger partial charge < -0.3 is 26.0 Å². The number of aryl methyl sites for hydroxylation is 2. The molecule has 4 amide bonds. The van der Waals surface area contributed by atoms with Crippen molar-refractivity contribution in [2.24, 2.45) is 11.7 Å². The highest BCUT2D eigenvalue weighted by Crippen LogP contribution is 2.41. The van der Waals surface area contributed by atoms with Crippen molar-refractivity contribution in [3.05, 3.63) is 70.8 Å². The van der Waals surface area contributed by atoms with Crippen LogP contribution in [0.1, 0.15) is 68.8 Å². The molecule has 1 saturated carbocycles. The van der Waals surface area contributed by atoms with Crippen molar-refractivity contribution in [1.82, 2.24) is 15.5 Å². The van der Waals surface area contributed by atoms with E-state index >= 15 is 0 Å². The number of hydrogen-bond donors (Lipinski definition) is 3. The number of carbonyl (C=O) groups is 4. The first-order valence-corrected chi connectivity index (χ1v) is 13.3. The van der Waals surface area contributed by atoms with Gasteiger partial charge in [0, 0.05) is 12.6 Å². The Bertz CT molecular complexity index is 1210. The molecule has 0 saturated heterocycles. The van der Waals surface area contributed by atoms with Crippen LogP contribution >= 0.6 is 0 Å². The van der Waals surface area contributed by atoms with E-state index in [0.717, 1.165) is 16.7 Å². The number of nitrogens with zero attached hydrogens (tertiary/aromatic N) is 1. The zero-order valence-corrected chi connectivity index (χ0v) is 23.6. The lowest BCUT2D eigenvalue weighted by Gasteiger charge is -2.35. The summed E-state index contributed by atoms with van der Waals surface area (Å²) >= 11 is 0. The van der Waals surface area contributed by atoms with E-state index in [1.807, 2.05) is 69.3 Å². The van der Waals surface area contributed by atoms with Gasteiger partial charge in [-0.15, -0.1) is 0 Å². The number of carbonyl (C=O) groups excluding carboxylic acids is 4. The van der Waals surface area contributed by atoms with Gasteiger partial charge in [0.2, 0.25) is 17.7 Å². The summed E-state index contributed by atoms with van der Waals surface area (Å²) in [4.78, 5) is 54.1. The first-order valence-electron chi connectivity index (χ1n) is 13.3. The molecule has 1 fully saturated rings. The van der Waals surface area contributed by atoms with Gasteiger partial charge >= 0.3 is 6.09 Å². The summed E-state index contributed by atoms with van der Waals surface area (Å²) in [7, 11) is 0. The third-order valence-corrected chi connectivity index (χ3v) is 6.63. The molecule has 2 aromatic rings. The molecule has 0 heterocycles. The number of primary amides is 1. The van der Waals surface area contributed by atoms with Gasteiger partial charge in [0.15, 0.2) is 0 Å². The van der Waals surface area contributed by atoms with Crippen molar-refractivity contribution in [2.75, 3.05) is 0 Å². The zero-order valence-electron chi connectivity index (χ0n) is 23.6. The van der Waals surface area contributed by atoms with E-state index < -0.39 is 42.0 Å². The zero-order chi connectivity index (χ0) is 28.9. The van der Waals surface area contributed by atoms with Crippen molar-refractivity contribution >= 4 is 23.8 Å². The van der Waals surface area contributed by atoms with Crippen LogP contribution in [0.15, 0.2) is 48.5 Å². The average molecular weight is 537 g/mol. The topological polar surface area (TPSA) is 131 Å². The van der Waals surface area contributed by atoms with Crippen LogP contribution in [0.25, 0.3) is 0 Å². The lowest BCUT2D eigenvalue weighted by atomic mass is 9.95. The lowest BCUT2D eigenvalue weighted by molar-refractivity contribution is -0.144. The Morgan fingerprint density at radius 2 is 1.72 bits per heavy atom. The van der Waals surface area contributed by atoms with Crippen LogP contribution in [0, 0.1) is 19.8 Å². The summed E-state index contributed by atoms with van der Waals surface area (Å²) in [5.41, 5.74) is 8.13. The van der Waals surface area contributed by atoms with Crippen molar-refractivity contribution in [3.63, 3.8) is 0 Å². The lowest BCUT2D eigenvalue weighted by Crippen LogP contribution is -2.55. The number of alkyl carbamates (subject to hydrolysis) is 1. The predicted molar refractivity (Wildman–Crippen MR) is 148 cm³/mol. The van der Waals surface area contributed by atoms with Gasteiger partial charge in [0.05, 0.1) is 6.42 Å². The third-order valence-electron chi connectivity index (χ3n) is 6.63. The summed E-state index contributed by atoms with van der Waals surface area (Å²) in [6.07, 6.45) is -0.585. The van der Waals surface area contributed by atoms with E-state index in [0.29, 0.717) is 12.0 Å². The summed E-state index contributed by atoms with van der Waals surface area (Å²) in [5.74, 6) is -1.54. The van der Waals surface area contributed by atoms with Gasteiger partial charge in [-0.25, -0.2) is 4.79 Å². The number of amides is 4. The second-order valence-corrected chi connectivity index (χ2v) is 11.4. The van der Waals surface area contributed by atoms with Crippen LogP contribution in [0.3, 0.4) is 0 Å². The largest absolute Gasteiger partial charge is 0.444 e. The molecule has 0 aliphatic heterocycles. The van der Waals surface area contributed by atoms with Crippen LogP contribution in [-0.2, 0) is 25.7 Å². The van der Waals surface area contributed by atoms with E-state index in [9.17, 15) is 19.2 Å². The molecule has 4 atom stereocenters. The molecule has 1 aliphatic carbocycles. The molecule has 3 rings (SSSR count). The van der Waals surface area contributed by atoms with Crippen LogP contribution in [-0.4, -0.2) is 46.4 Å². The summed E-state index contributed by atoms with van der Waals surface area (Å²) in [6, 6.07) is 12.7. The molecule has 39 heavy (non-hydrogen) atoms. The Morgan fingerprint density at radius 3 is 2.26 bits per heavy atom. The van der Waals surface area contributed by atoms with Crippen LogP contribution in [0.5, 0.6) is 0 Å².